The first-order chi connectivity index (χ1) is 32.8. The van der Waals surface area contributed by atoms with Crippen molar-refractivity contribution >= 4 is 60.5 Å². The number of ether oxygens (including phenoxy) is 3. The van der Waals surface area contributed by atoms with Gasteiger partial charge in [-0.25, -0.2) is 0 Å². The SMILES string of the molecule is CCCCC1=CC2=C(C(=O)[O-])c3ccccc3OC2=CC1(C)C.CCCCC1=CC2=C(C(=O)[O-])c3ccccc3OC2=CC1(C)C.CCCCC1=CC2=C(C(=O)[O-])c3ccccc3OC2=CC1(C)C.[In+3]. The molecule has 0 fully saturated rings. The number of hydrogen-bond acceptors (Lipinski definition) is 9. The van der Waals surface area contributed by atoms with Crippen LogP contribution in [0.1, 0.15) is 137 Å². The van der Waals surface area contributed by atoms with E-state index in [-0.39, 0.29) is 58.8 Å². The Labute approximate surface area is 432 Å². The zero-order valence-corrected chi connectivity index (χ0v) is 45.3. The van der Waals surface area contributed by atoms with Crippen LogP contribution in [0.2, 0.25) is 0 Å². The van der Waals surface area contributed by atoms with Crippen LogP contribution in [0.15, 0.2) is 160 Å². The number of aliphatic carboxylic acids is 3. The van der Waals surface area contributed by atoms with Crippen molar-refractivity contribution in [3.05, 3.63) is 177 Å². The third-order valence-electron chi connectivity index (χ3n) is 13.7. The second-order valence-corrected chi connectivity index (χ2v) is 20.0. The predicted octanol–water partition coefficient (Wildman–Crippen LogP) is 10.5. The van der Waals surface area contributed by atoms with Gasteiger partial charge in [-0.15, -0.1) is 0 Å². The second kappa shape index (κ2) is 22.0. The standard InChI is InChI=1S/3C20H22O3.In/c3*1-4-5-8-13-11-15-17(12-20(13,2)3)23-16-10-7-6-9-14(16)18(15)19(21)22;/h3*6-7,9-12H,4-5,8H2,1-3H3,(H,21,22);/q;;;+3/p-3. The summed E-state index contributed by atoms with van der Waals surface area (Å²) in [4.78, 5) is 35.3. The minimum atomic E-state index is -1.16. The summed E-state index contributed by atoms with van der Waals surface area (Å²) in [5.74, 6) is 0.0931. The van der Waals surface area contributed by atoms with Crippen molar-refractivity contribution in [2.45, 2.75) is 120 Å². The van der Waals surface area contributed by atoms with E-state index >= 15 is 0 Å². The number of carbonyl (C=O) groups is 3. The van der Waals surface area contributed by atoms with Crippen LogP contribution in [0.25, 0.3) is 16.7 Å². The van der Waals surface area contributed by atoms with Gasteiger partial charge in [0.15, 0.2) is 0 Å². The Balaban J connectivity index is 0.000000171. The fourth-order valence-electron chi connectivity index (χ4n) is 9.65. The molecular weight excluding hydrogens is 979 g/mol. The maximum atomic E-state index is 11.8. The molecule has 0 bridgehead atoms. The van der Waals surface area contributed by atoms with Gasteiger partial charge < -0.3 is 43.9 Å². The van der Waals surface area contributed by atoms with Gasteiger partial charge in [0.1, 0.15) is 34.5 Å². The van der Waals surface area contributed by atoms with Crippen molar-refractivity contribution in [1.29, 1.82) is 0 Å². The van der Waals surface area contributed by atoms with E-state index < -0.39 is 17.9 Å². The van der Waals surface area contributed by atoms with Crippen molar-refractivity contribution in [2.75, 3.05) is 0 Å². The normalized spacial score (nSPS) is 18.1. The first kappa shape index (κ1) is 53.4. The Bertz CT molecular complexity index is 2560. The molecule has 3 aliphatic heterocycles. The summed E-state index contributed by atoms with van der Waals surface area (Å²) in [6.07, 6.45) is 21.5. The van der Waals surface area contributed by atoms with Gasteiger partial charge in [0.2, 0.25) is 0 Å². The molecule has 0 radical (unpaired) electrons. The van der Waals surface area contributed by atoms with Crippen LogP contribution in [0.5, 0.6) is 17.2 Å². The van der Waals surface area contributed by atoms with Crippen molar-refractivity contribution < 1.29 is 43.9 Å². The topological polar surface area (TPSA) is 148 Å². The van der Waals surface area contributed by atoms with Crippen LogP contribution < -0.4 is 29.5 Å². The molecule has 0 aromatic heterocycles. The predicted molar refractivity (Wildman–Crippen MR) is 271 cm³/mol. The van der Waals surface area contributed by atoms with Crippen molar-refractivity contribution in [3.63, 3.8) is 0 Å². The summed E-state index contributed by atoms with van der Waals surface area (Å²) >= 11 is 0. The minimum Gasteiger partial charge on any atom is -0.545 e. The molecule has 3 aliphatic carbocycles. The number of carboxylic acids is 3. The van der Waals surface area contributed by atoms with Gasteiger partial charge in [-0.1, -0.05) is 171 Å². The zero-order chi connectivity index (χ0) is 49.8. The van der Waals surface area contributed by atoms with Crippen LogP contribution in [0, 0.1) is 16.2 Å². The first-order valence-corrected chi connectivity index (χ1v) is 24.3. The van der Waals surface area contributed by atoms with Gasteiger partial charge >= 0.3 is 25.8 Å². The second-order valence-electron chi connectivity index (χ2n) is 20.0. The van der Waals surface area contributed by atoms with E-state index in [1.54, 1.807) is 36.4 Å². The minimum absolute atomic E-state index is 0. The molecule has 0 saturated carbocycles. The fraction of sp³-hybridized carbons (Fsp3) is 0.350. The molecule has 0 saturated heterocycles. The molecule has 3 aromatic rings. The largest absolute Gasteiger partial charge is 3.00 e. The first-order valence-electron chi connectivity index (χ1n) is 24.3. The summed E-state index contributed by atoms with van der Waals surface area (Å²) in [5.41, 5.74) is 7.62. The molecule has 0 atom stereocenters. The Morgan fingerprint density at radius 2 is 0.671 bits per heavy atom. The molecule has 0 unspecified atom stereocenters. The molecule has 3 heterocycles. The van der Waals surface area contributed by atoms with Crippen molar-refractivity contribution in [2.24, 2.45) is 16.2 Å². The molecular formula is C60H63InO9. The van der Waals surface area contributed by atoms with E-state index in [9.17, 15) is 29.7 Å². The van der Waals surface area contributed by atoms with Crippen LogP contribution in [-0.2, 0) is 14.4 Å². The number of hydrogen-bond donors (Lipinski definition) is 0. The summed E-state index contributed by atoms with van der Waals surface area (Å²) in [6.45, 7) is 19.3. The molecule has 360 valence electrons. The summed E-state index contributed by atoms with van der Waals surface area (Å²) in [6, 6.07) is 21.6. The summed E-state index contributed by atoms with van der Waals surface area (Å²) in [5, 5.41) is 35.3. The van der Waals surface area contributed by atoms with Crippen LogP contribution in [0.4, 0.5) is 0 Å². The van der Waals surface area contributed by atoms with Gasteiger partial charge in [-0.3, -0.25) is 0 Å². The summed E-state index contributed by atoms with van der Waals surface area (Å²) < 4.78 is 17.9. The maximum absolute atomic E-state index is 11.8. The van der Waals surface area contributed by atoms with Gasteiger partial charge in [-0.05, 0) is 75.0 Å². The van der Waals surface area contributed by atoms with Gasteiger partial charge in [-0.2, -0.15) is 0 Å². The number of fused-ring (bicyclic) bond motifs is 6. The quantitative estimate of drug-likeness (QED) is 0.173. The third kappa shape index (κ3) is 11.1. The number of carboxylic acid groups (broad SMARTS) is 3. The summed E-state index contributed by atoms with van der Waals surface area (Å²) in [7, 11) is 0. The number of para-hydroxylation sites is 3. The van der Waals surface area contributed by atoms with E-state index in [2.05, 4.69) is 62.3 Å². The number of rotatable bonds is 12. The monoisotopic (exact) mass is 1040 g/mol. The smallest absolute Gasteiger partial charge is 0.545 e. The Hall–Kier alpha value is -6.00. The van der Waals surface area contributed by atoms with Gasteiger partial charge in [0, 0.05) is 66.4 Å². The van der Waals surface area contributed by atoms with Crippen molar-refractivity contribution in [3.8, 4) is 17.2 Å². The van der Waals surface area contributed by atoms with E-state index in [1.165, 1.54) is 16.7 Å². The molecule has 6 aliphatic rings. The molecule has 0 N–H and O–H groups in total. The van der Waals surface area contributed by atoms with E-state index in [4.69, 9.17) is 14.2 Å². The number of benzene rings is 3. The van der Waals surface area contributed by atoms with E-state index in [0.29, 0.717) is 67.9 Å². The molecule has 9 rings (SSSR count). The Morgan fingerprint density at radius 1 is 0.429 bits per heavy atom. The van der Waals surface area contributed by atoms with Crippen molar-refractivity contribution in [1.82, 2.24) is 0 Å². The zero-order valence-electron chi connectivity index (χ0n) is 42.0. The van der Waals surface area contributed by atoms with Crippen LogP contribution in [-0.4, -0.2) is 43.8 Å². The molecule has 9 nitrogen and oxygen atoms in total. The third-order valence-corrected chi connectivity index (χ3v) is 13.7. The van der Waals surface area contributed by atoms with E-state index in [0.717, 1.165) is 57.8 Å². The average Bonchev–Trinajstić information content (AvgIpc) is 3.29. The van der Waals surface area contributed by atoms with Crippen LogP contribution >= 0.6 is 0 Å². The molecule has 0 amide bonds. The maximum Gasteiger partial charge on any atom is 3.00 e. The van der Waals surface area contributed by atoms with Gasteiger partial charge in [0.05, 0.1) is 17.9 Å². The molecule has 0 spiro atoms. The Kier molecular flexibility index (Phi) is 16.7. The Morgan fingerprint density at radius 3 is 0.900 bits per heavy atom. The molecule has 10 heteroatoms. The van der Waals surface area contributed by atoms with Gasteiger partial charge in [0.25, 0.3) is 0 Å². The number of unbranched alkanes of at least 4 members (excludes halogenated alkanes) is 3. The van der Waals surface area contributed by atoms with Crippen LogP contribution in [0.3, 0.4) is 0 Å². The number of carbonyl (C=O) groups excluding carboxylic acids is 3. The number of allylic oxidation sites excluding steroid dienone is 9. The fourth-order valence-corrected chi connectivity index (χ4v) is 9.65. The van der Waals surface area contributed by atoms with E-state index in [1.807, 2.05) is 72.9 Å². The molecule has 3 aromatic carbocycles. The molecule has 70 heavy (non-hydrogen) atoms. The average molecular weight is 1040 g/mol.